The maximum absolute atomic E-state index is 11.3. The van der Waals surface area contributed by atoms with Crippen LogP contribution in [0.2, 0.25) is 0 Å². The van der Waals surface area contributed by atoms with Crippen LogP contribution in [-0.4, -0.2) is 55.7 Å². The minimum Gasteiger partial charge on any atom is -0.381 e. The van der Waals surface area contributed by atoms with Crippen LogP contribution in [-0.2, 0) is 11.1 Å². The Kier molecular flexibility index (Phi) is 15.7. The van der Waals surface area contributed by atoms with Gasteiger partial charge in [-0.25, -0.2) is 0 Å². The summed E-state index contributed by atoms with van der Waals surface area (Å²) >= 11 is 10.5. The smallest absolute Gasteiger partial charge is 0.164 e. The lowest BCUT2D eigenvalue weighted by molar-refractivity contribution is 0.0821. The molecule has 0 aromatic heterocycles. The summed E-state index contributed by atoms with van der Waals surface area (Å²) in [6.45, 7) is 3.70. The second-order valence-electron chi connectivity index (χ2n) is 13.4. The van der Waals surface area contributed by atoms with Crippen molar-refractivity contribution in [3.63, 3.8) is 0 Å². The topological polar surface area (TPSA) is 126 Å². The Labute approximate surface area is 356 Å². The molecule has 0 saturated carbocycles. The van der Waals surface area contributed by atoms with Gasteiger partial charge in [0, 0.05) is 71.6 Å². The van der Waals surface area contributed by atoms with E-state index in [9.17, 15) is 9.90 Å². The largest absolute Gasteiger partial charge is 0.381 e. The lowest BCUT2D eigenvalue weighted by atomic mass is 9.85. The average molecular weight is 857 g/mol. The van der Waals surface area contributed by atoms with Crippen LogP contribution in [0.4, 0.5) is 0 Å². The summed E-state index contributed by atoms with van der Waals surface area (Å²) in [6, 6.07) is 32.9. The van der Waals surface area contributed by atoms with Crippen molar-refractivity contribution >= 4 is 92.3 Å². The molecule has 56 heavy (non-hydrogen) atoms. The molecule has 6 nitrogen and oxygen atoms in total. The number of allylic oxidation sites excluding steroid dienone is 1. The Balaban J connectivity index is 0.000000128. The maximum Gasteiger partial charge on any atom is 0.164 e. The van der Waals surface area contributed by atoms with E-state index in [-0.39, 0.29) is 10.7 Å². The van der Waals surface area contributed by atoms with E-state index in [1.807, 2.05) is 72.1 Å². The van der Waals surface area contributed by atoms with Crippen LogP contribution in [0, 0.1) is 5.41 Å². The second-order valence-corrected chi connectivity index (χ2v) is 20.1. The fraction of sp³-hybridized carbons (Fsp3) is 0.295. The van der Waals surface area contributed by atoms with Crippen LogP contribution in [0.25, 0.3) is 5.57 Å². The maximum atomic E-state index is 11.3. The van der Waals surface area contributed by atoms with Crippen LogP contribution in [0.5, 0.6) is 0 Å². The predicted octanol–water partition coefficient (Wildman–Crippen LogP) is 10.9. The SMILES string of the molecule is C=CC1(O)CCSc2ccccc21.N=C(N)SC/C=C1\CCSc2ccccc21.NC1=NC2(CCS1)CCSc1ccccc12.O=C1CCSc2ccccc21. The van der Waals surface area contributed by atoms with E-state index in [0.29, 0.717) is 12.2 Å². The minimum atomic E-state index is -0.804. The van der Waals surface area contributed by atoms with Gasteiger partial charge in [-0.3, -0.25) is 15.2 Å². The molecule has 0 amide bonds. The number of ketones is 1. The van der Waals surface area contributed by atoms with Crippen LogP contribution in [0.15, 0.2) is 140 Å². The quantitative estimate of drug-likeness (QED) is 0.0899. The van der Waals surface area contributed by atoms with E-state index in [4.69, 9.17) is 21.9 Å². The van der Waals surface area contributed by atoms with E-state index in [2.05, 4.69) is 61.2 Å². The zero-order chi connectivity index (χ0) is 39.4. The summed E-state index contributed by atoms with van der Waals surface area (Å²) in [5.74, 6) is 6.37. The van der Waals surface area contributed by atoms with Crippen LogP contribution in [0.1, 0.15) is 59.2 Å². The Morgan fingerprint density at radius 3 is 1.89 bits per heavy atom. The number of Topliss-reactive ketones (excluding diaryl/α,β-unsaturated/α-hetero) is 1. The highest BCUT2D eigenvalue weighted by Crippen LogP contribution is 2.47. The molecule has 1 spiro atoms. The van der Waals surface area contributed by atoms with Gasteiger partial charge in [0.1, 0.15) is 5.60 Å². The second kappa shape index (κ2) is 20.6. The number of amidine groups is 2. The zero-order valence-electron chi connectivity index (χ0n) is 31.3. The Hall–Kier alpha value is -2.97. The molecule has 2 atom stereocenters. The first-order chi connectivity index (χ1) is 27.2. The first-order valence-electron chi connectivity index (χ1n) is 18.6. The number of aliphatic hydroxyl groups is 1. The van der Waals surface area contributed by atoms with Gasteiger partial charge in [-0.1, -0.05) is 115 Å². The highest BCUT2D eigenvalue weighted by Gasteiger charge is 2.38. The first kappa shape index (κ1) is 42.6. The van der Waals surface area contributed by atoms with Gasteiger partial charge in [-0.2, -0.15) is 0 Å². The van der Waals surface area contributed by atoms with Gasteiger partial charge in [-0.15, -0.1) is 47.0 Å². The Morgan fingerprint density at radius 1 is 0.732 bits per heavy atom. The van der Waals surface area contributed by atoms with Crippen molar-refractivity contribution in [3.8, 4) is 0 Å². The molecule has 5 aliphatic heterocycles. The van der Waals surface area contributed by atoms with Gasteiger partial charge in [0.05, 0.1) is 5.54 Å². The molecule has 5 aliphatic rings. The van der Waals surface area contributed by atoms with E-state index < -0.39 is 5.60 Å². The number of rotatable bonds is 3. The fourth-order valence-electron chi connectivity index (χ4n) is 6.97. The molecule has 0 fully saturated rings. The summed E-state index contributed by atoms with van der Waals surface area (Å²) < 4.78 is 0. The summed E-state index contributed by atoms with van der Waals surface area (Å²) in [7, 11) is 0. The van der Waals surface area contributed by atoms with E-state index in [1.54, 1.807) is 41.4 Å². The van der Waals surface area contributed by atoms with Gasteiger partial charge < -0.3 is 16.6 Å². The molecule has 4 aromatic rings. The molecular formula is C44H48N4O2S6. The van der Waals surface area contributed by atoms with Crippen molar-refractivity contribution < 1.29 is 9.90 Å². The monoisotopic (exact) mass is 856 g/mol. The molecule has 0 aliphatic carbocycles. The number of hydrogen-bond acceptors (Lipinski definition) is 11. The lowest BCUT2D eigenvalue weighted by Gasteiger charge is -2.37. The molecule has 4 aromatic carbocycles. The number of fused-ring (bicyclic) bond motifs is 5. The number of benzene rings is 4. The average Bonchev–Trinajstić information content (AvgIpc) is 3.22. The number of carbonyl (C=O) groups excluding carboxylic acids is 1. The van der Waals surface area contributed by atoms with Crippen molar-refractivity contribution in [3.05, 3.63) is 138 Å². The number of nitrogens with two attached hydrogens (primary N) is 2. The number of nitrogens with one attached hydrogen (secondary N) is 1. The lowest BCUT2D eigenvalue weighted by Crippen LogP contribution is -2.34. The first-order valence-corrected chi connectivity index (χ1v) is 24.5. The van der Waals surface area contributed by atoms with E-state index >= 15 is 0 Å². The number of hydrogen-bond donors (Lipinski definition) is 4. The third-order valence-electron chi connectivity index (χ3n) is 9.89. The van der Waals surface area contributed by atoms with Crippen LogP contribution in [0.3, 0.4) is 0 Å². The van der Waals surface area contributed by atoms with Crippen molar-refractivity contribution in [2.45, 2.75) is 62.8 Å². The molecule has 0 bridgehead atoms. The summed E-state index contributed by atoms with van der Waals surface area (Å²) in [5, 5.41) is 18.3. The van der Waals surface area contributed by atoms with Crippen molar-refractivity contribution in [1.82, 2.24) is 0 Å². The Morgan fingerprint density at radius 2 is 1.25 bits per heavy atom. The van der Waals surface area contributed by atoms with E-state index in [1.165, 1.54) is 43.1 Å². The van der Waals surface area contributed by atoms with Gasteiger partial charge in [0.2, 0.25) is 0 Å². The van der Waals surface area contributed by atoms with Gasteiger partial charge >= 0.3 is 0 Å². The minimum absolute atomic E-state index is 0.0167. The standard InChI is InChI=1S/2C12H14N2S2.C11H12OS.C9H8OS/c13-11-14-12(6-8-16-11)5-7-15-10-4-2-1-3-9(10)12;13-12(14)16-8-6-9-5-7-15-11-4-2-1-3-10(9)11;1-2-11(12)7-8-13-10-6-4-3-5-9(10)11;10-8-5-6-11-9-4-2-1-3-7(8)9/h1-4H,5-8H2,(H2,13,14);1-4,6H,5,7-8H2,(H3,13,14);2-6,12H,1,7-8H2;1-4H,5-6H2/b;9-6+;;. The molecule has 9 rings (SSSR count). The Bertz CT molecular complexity index is 2090. The van der Waals surface area contributed by atoms with Crippen molar-refractivity contribution in [2.75, 3.05) is 34.5 Å². The zero-order valence-corrected chi connectivity index (χ0v) is 36.2. The number of thioether (sulfide) groups is 6. The van der Waals surface area contributed by atoms with E-state index in [0.717, 1.165) is 81.4 Å². The van der Waals surface area contributed by atoms with Crippen LogP contribution >= 0.6 is 70.6 Å². The van der Waals surface area contributed by atoms with Crippen molar-refractivity contribution in [1.29, 1.82) is 5.41 Å². The highest BCUT2D eigenvalue weighted by atomic mass is 32.2. The molecule has 5 heterocycles. The number of aliphatic imine (C=N–C) groups is 1. The molecule has 0 radical (unpaired) electrons. The van der Waals surface area contributed by atoms with Crippen LogP contribution < -0.4 is 11.5 Å². The summed E-state index contributed by atoms with van der Waals surface area (Å²) in [5.41, 5.74) is 16.4. The van der Waals surface area contributed by atoms with Gasteiger partial charge in [0.15, 0.2) is 16.1 Å². The van der Waals surface area contributed by atoms with Gasteiger partial charge in [-0.05, 0) is 66.6 Å². The normalized spacial score (nSPS) is 22.4. The third-order valence-corrected chi connectivity index (χ3v) is 15.6. The molecule has 12 heteroatoms. The summed E-state index contributed by atoms with van der Waals surface area (Å²) in [6.07, 6.45) is 8.65. The van der Waals surface area contributed by atoms with Gasteiger partial charge in [0.25, 0.3) is 0 Å². The number of carbonyl (C=O) groups is 1. The fourth-order valence-corrected chi connectivity index (χ4v) is 12.9. The molecular weight excluding hydrogens is 809 g/mol. The predicted molar refractivity (Wildman–Crippen MR) is 248 cm³/mol. The molecule has 6 N–H and O–H groups in total. The third kappa shape index (κ3) is 10.9. The highest BCUT2D eigenvalue weighted by molar-refractivity contribution is 8.14. The molecule has 0 saturated heterocycles. The molecule has 292 valence electrons. The molecule has 2 unspecified atom stereocenters. The van der Waals surface area contributed by atoms with Crippen molar-refractivity contribution in [2.24, 2.45) is 16.5 Å². The number of nitrogens with zero attached hydrogens (tertiary/aromatic N) is 1. The summed E-state index contributed by atoms with van der Waals surface area (Å²) in [4.78, 5) is 21.1.